The zero-order valence-electron chi connectivity index (χ0n) is 20.9. The molecule has 196 valence electrons. The van der Waals surface area contributed by atoms with Crippen LogP contribution in [0.1, 0.15) is 116 Å². The summed E-state index contributed by atoms with van der Waals surface area (Å²) in [5.41, 5.74) is 0. The van der Waals surface area contributed by atoms with Crippen molar-refractivity contribution < 1.29 is 34.5 Å². The van der Waals surface area contributed by atoms with Gasteiger partial charge in [0.1, 0.15) is 6.04 Å². The first kappa shape index (κ1) is 31.6. The van der Waals surface area contributed by atoms with Gasteiger partial charge < -0.3 is 20.2 Å². The molecule has 0 spiro atoms. The molecule has 0 aliphatic carbocycles. The lowest BCUT2D eigenvalue weighted by atomic mass is 10.0. The van der Waals surface area contributed by atoms with Crippen molar-refractivity contribution in [3.63, 3.8) is 0 Å². The van der Waals surface area contributed by atoms with Gasteiger partial charge in [-0.2, -0.15) is 0 Å². The van der Waals surface area contributed by atoms with Crippen LogP contribution in [0.5, 0.6) is 0 Å². The fourth-order valence-corrected chi connectivity index (χ4v) is 3.98. The number of hydrogen-bond acceptors (Lipinski definition) is 4. The maximum Gasteiger partial charge on any atom is 0.328 e. The topological polar surface area (TPSA) is 132 Å². The summed E-state index contributed by atoms with van der Waals surface area (Å²) in [6.45, 7) is 2.31. The Morgan fingerprint density at radius 2 is 1.06 bits per heavy atom. The van der Waals surface area contributed by atoms with Gasteiger partial charge in [0.15, 0.2) is 0 Å². The van der Waals surface area contributed by atoms with Crippen LogP contribution in [0.25, 0.3) is 0 Å². The SMILES string of the molecule is CCCCCCCCCCCCCCCCCCN(C(=O)/C=C\C(=O)O)[C@@H](CC(=O)O)C(=O)O. The van der Waals surface area contributed by atoms with Crippen LogP contribution < -0.4 is 0 Å². The largest absolute Gasteiger partial charge is 0.481 e. The van der Waals surface area contributed by atoms with Crippen molar-refractivity contribution in [3.8, 4) is 0 Å². The molecule has 0 heterocycles. The van der Waals surface area contributed by atoms with Gasteiger partial charge in [0.25, 0.3) is 0 Å². The van der Waals surface area contributed by atoms with Gasteiger partial charge in [-0.3, -0.25) is 9.59 Å². The molecular formula is C26H45NO7. The third kappa shape index (κ3) is 18.1. The second-order valence-electron chi connectivity index (χ2n) is 8.96. The average Bonchev–Trinajstić information content (AvgIpc) is 2.78. The van der Waals surface area contributed by atoms with Gasteiger partial charge in [0.05, 0.1) is 6.42 Å². The average molecular weight is 484 g/mol. The number of unbranched alkanes of at least 4 members (excludes halogenated alkanes) is 15. The summed E-state index contributed by atoms with van der Waals surface area (Å²) in [7, 11) is 0. The summed E-state index contributed by atoms with van der Waals surface area (Å²) >= 11 is 0. The van der Waals surface area contributed by atoms with E-state index in [-0.39, 0.29) is 6.54 Å². The Balaban J connectivity index is 4.08. The van der Waals surface area contributed by atoms with E-state index in [1.165, 1.54) is 70.6 Å². The van der Waals surface area contributed by atoms with E-state index in [9.17, 15) is 24.3 Å². The summed E-state index contributed by atoms with van der Waals surface area (Å²) in [4.78, 5) is 46.4. The van der Waals surface area contributed by atoms with E-state index < -0.39 is 36.3 Å². The molecule has 0 fully saturated rings. The molecule has 1 atom stereocenters. The summed E-state index contributed by atoms with van der Waals surface area (Å²) in [6.07, 6.45) is 19.7. The van der Waals surface area contributed by atoms with Crippen LogP contribution in [-0.2, 0) is 19.2 Å². The highest BCUT2D eigenvalue weighted by Crippen LogP contribution is 2.15. The second kappa shape index (κ2) is 21.2. The standard InChI is InChI=1S/C26H45NO7/c1-2-3-4-5-6-7-8-9-10-11-12-13-14-15-16-17-20-27(23(28)18-19-24(29)30)22(26(33)34)21-25(31)32/h18-19,22H,2-17,20-21H2,1H3,(H,29,30)(H,31,32)(H,33,34)/b19-18-/t22-/m0/s1. The van der Waals surface area contributed by atoms with Crippen LogP contribution in [0.15, 0.2) is 12.2 Å². The van der Waals surface area contributed by atoms with Gasteiger partial charge in [-0.05, 0) is 6.42 Å². The van der Waals surface area contributed by atoms with Gasteiger partial charge in [0, 0.05) is 18.7 Å². The Labute approximate surface area is 204 Å². The molecule has 0 aromatic carbocycles. The van der Waals surface area contributed by atoms with Crippen molar-refractivity contribution in [2.75, 3.05) is 6.54 Å². The number of carbonyl (C=O) groups is 4. The Morgan fingerprint density at radius 3 is 1.41 bits per heavy atom. The van der Waals surface area contributed by atoms with Crippen molar-refractivity contribution >= 4 is 23.8 Å². The highest BCUT2D eigenvalue weighted by Gasteiger charge is 2.30. The van der Waals surface area contributed by atoms with Crippen molar-refractivity contribution in [1.29, 1.82) is 0 Å². The Morgan fingerprint density at radius 1 is 0.647 bits per heavy atom. The molecule has 0 aromatic heterocycles. The van der Waals surface area contributed by atoms with E-state index in [0.717, 1.165) is 36.7 Å². The molecule has 0 unspecified atom stereocenters. The van der Waals surface area contributed by atoms with Crippen molar-refractivity contribution in [1.82, 2.24) is 4.90 Å². The van der Waals surface area contributed by atoms with E-state index in [0.29, 0.717) is 12.5 Å². The molecule has 8 heteroatoms. The Bertz CT molecular complexity index is 618. The van der Waals surface area contributed by atoms with E-state index in [4.69, 9.17) is 10.2 Å². The van der Waals surface area contributed by atoms with Crippen LogP contribution >= 0.6 is 0 Å². The number of carbonyl (C=O) groups excluding carboxylic acids is 1. The summed E-state index contributed by atoms with van der Waals surface area (Å²) < 4.78 is 0. The van der Waals surface area contributed by atoms with Gasteiger partial charge >= 0.3 is 17.9 Å². The molecule has 3 N–H and O–H groups in total. The lowest BCUT2D eigenvalue weighted by Crippen LogP contribution is -2.46. The zero-order chi connectivity index (χ0) is 25.6. The molecule has 0 bridgehead atoms. The molecule has 1 amide bonds. The number of carboxylic acid groups (broad SMARTS) is 3. The maximum atomic E-state index is 12.3. The van der Waals surface area contributed by atoms with E-state index in [1.807, 2.05) is 0 Å². The van der Waals surface area contributed by atoms with E-state index in [1.54, 1.807) is 0 Å². The highest BCUT2D eigenvalue weighted by molar-refractivity contribution is 5.96. The first-order chi connectivity index (χ1) is 16.3. The van der Waals surface area contributed by atoms with Gasteiger partial charge in [-0.1, -0.05) is 103 Å². The zero-order valence-corrected chi connectivity index (χ0v) is 20.9. The molecule has 8 nitrogen and oxygen atoms in total. The number of nitrogens with zero attached hydrogens (tertiary/aromatic N) is 1. The normalized spacial score (nSPS) is 12.0. The minimum atomic E-state index is -1.53. The van der Waals surface area contributed by atoms with Crippen molar-refractivity contribution in [3.05, 3.63) is 12.2 Å². The van der Waals surface area contributed by atoms with Crippen molar-refractivity contribution in [2.24, 2.45) is 0 Å². The van der Waals surface area contributed by atoms with E-state index >= 15 is 0 Å². The number of carboxylic acids is 3. The molecule has 0 aliphatic rings. The number of amides is 1. The Kier molecular flexibility index (Phi) is 19.7. The fraction of sp³-hybridized carbons (Fsp3) is 0.769. The third-order valence-corrected chi connectivity index (χ3v) is 5.93. The van der Waals surface area contributed by atoms with Crippen LogP contribution in [0, 0.1) is 0 Å². The lowest BCUT2D eigenvalue weighted by molar-refractivity contribution is -0.153. The third-order valence-electron chi connectivity index (χ3n) is 5.93. The maximum absolute atomic E-state index is 12.3. The van der Waals surface area contributed by atoms with Crippen molar-refractivity contribution in [2.45, 2.75) is 122 Å². The second-order valence-corrected chi connectivity index (χ2v) is 8.96. The number of aliphatic carboxylic acids is 3. The predicted molar refractivity (Wildman–Crippen MR) is 132 cm³/mol. The molecule has 0 rings (SSSR count). The minimum absolute atomic E-state index is 0.0749. The monoisotopic (exact) mass is 483 g/mol. The summed E-state index contributed by atoms with van der Waals surface area (Å²) in [5, 5.41) is 27.0. The fourth-order valence-electron chi connectivity index (χ4n) is 3.98. The predicted octanol–water partition coefficient (Wildman–Crippen LogP) is 5.65. The molecule has 0 aliphatic heterocycles. The van der Waals surface area contributed by atoms with E-state index in [2.05, 4.69) is 6.92 Å². The number of hydrogen-bond donors (Lipinski definition) is 3. The minimum Gasteiger partial charge on any atom is -0.481 e. The summed E-state index contributed by atoms with van der Waals surface area (Å²) in [6, 6.07) is -1.53. The lowest BCUT2D eigenvalue weighted by Gasteiger charge is -2.27. The molecule has 0 radical (unpaired) electrons. The first-order valence-corrected chi connectivity index (χ1v) is 13.0. The molecule has 34 heavy (non-hydrogen) atoms. The van der Waals surface area contributed by atoms with Crippen LogP contribution in [0.4, 0.5) is 0 Å². The number of rotatable bonds is 23. The van der Waals surface area contributed by atoms with Crippen LogP contribution in [-0.4, -0.2) is 56.6 Å². The Hall–Kier alpha value is -2.38. The quantitative estimate of drug-likeness (QED) is 0.126. The molecular weight excluding hydrogens is 438 g/mol. The van der Waals surface area contributed by atoms with Crippen LogP contribution in [0.3, 0.4) is 0 Å². The first-order valence-electron chi connectivity index (χ1n) is 13.0. The van der Waals surface area contributed by atoms with Gasteiger partial charge in [-0.25, -0.2) is 9.59 Å². The van der Waals surface area contributed by atoms with Crippen LogP contribution in [0.2, 0.25) is 0 Å². The molecule has 0 saturated heterocycles. The highest BCUT2D eigenvalue weighted by atomic mass is 16.4. The summed E-state index contributed by atoms with van der Waals surface area (Å²) in [5.74, 6) is -4.90. The molecule has 0 aromatic rings. The molecule has 0 saturated carbocycles. The van der Waals surface area contributed by atoms with Gasteiger partial charge in [-0.15, -0.1) is 0 Å². The smallest absolute Gasteiger partial charge is 0.328 e. The van der Waals surface area contributed by atoms with Gasteiger partial charge in [0.2, 0.25) is 5.91 Å².